The molecular weight excluding hydrogens is 406 g/mol. The summed E-state index contributed by atoms with van der Waals surface area (Å²) in [7, 11) is 0. The van der Waals surface area contributed by atoms with E-state index in [-0.39, 0.29) is 6.04 Å². The van der Waals surface area contributed by atoms with Gasteiger partial charge >= 0.3 is 0 Å². The lowest BCUT2D eigenvalue weighted by molar-refractivity contribution is -0.00804. The Morgan fingerprint density at radius 2 is 1.15 bits per heavy atom. The molecule has 2 N–H and O–H groups in total. The van der Waals surface area contributed by atoms with E-state index >= 15 is 0 Å². The largest absolute Gasteiger partial charge is 0.384 e. The van der Waals surface area contributed by atoms with Crippen LogP contribution in [0.1, 0.15) is 28.7 Å². The highest BCUT2D eigenvalue weighted by Crippen LogP contribution is 2.46. The molecule has 1 aliphatic rings. The van der Waals surface area contributed by atoms with Gasteiger partial charge in [0.15, 0.2) is 0 Å². The maximum absolute atomic E-state index is 12.5. The van der Waals surface area contributed by atoms with E-state index in [1.54, 1.807) is 0 Å². The summed E-state index contributed by atoms with van der Waals surface area (Å²) in [6, 6.07) is 39.5. The molecule has 4 aromatic carbocycles. The zero-order valence-corrected chi connectivity index (χ0v) is 18.6. The topological polar surface area (TPSA) is 43.7 Å². The van der Waals surface area contributed by atoms with Gasteiger partial charge in [0.05, 0.1) is 6.04 Å². The van der Waals surface area contributed by atoms with E-state index in [9.17, 15) is 10.2 Å². The van der Waals surface area contributed by atoms with Crippen molar-refractivity contribution in [2.24, 2.45) is 0 Å². The first-order valence-electron chi connectivity index (χ1n) is 11.5. The molecule has 0 amide bonds. The minimum absolute atomic E-state index is 0.326. The molecule has 0 aliphatic carbocycles. The number of aliphatic hydroxyl groups is 2. The number of hydrogen-bond acceptors (Lipinski definition) is 3. The summed E-state index contributed by atoms with van der Waals surface area (Å²) in [5.41, 5.74) is 1.36. The third kappa shape index (κ3) is 4.11. The molecule has 33 heavy (non-hydrogen) atoms. The van der Waals surface area contributed by atoms with Crippen LogP contribution in [0.5, 0.6) is 0 Å². The molecule has 0 saturated carbocycles. The second-order valence-corrected chi connectivity index (χ2v) is 9.01. The first-order valence-corrected chi connectivity index (χ1v) is 11.5. The average Bonchev–Trinajstić information content (AvgIpc) is 3.23. The highest BCUT2D eigenvalue weighted by molar-refractivity contribution is 5.40. The third-order valence-corrected chi connectivity index (χ3v) is 6.89. The molecule has 3 heteroatoms. The van der Waals surface area contributed by atoms with Crippen LogP contribution in [0.4, 0.5) is 0 Å². The molecule has 0 bridgehead atoms. The number of nitrogens with zero attached hydrogens (tertiary/aromatic N) is 1. The summed E-state index contributed by atoms with van der Waals surface area (Å²) >= 11 is 0. The maximum atomic E-state index is 12.5. The lowest BCUT2D eigenvalue weighted by atomic mass is 9.77. The van der Waals surface area contributed by atoms with Gasteiger partial charge in [-0.15, -0.1) is 0 Å². The summed E-state index contributed by atoms with van der Waals surface area (Å²) < 4.78 is 0. The molecule has 1 fully saturated rings. The molecule has 166 valence electrons. The molecule has 0 unspecified atom stereocenters. The molecule has 1 heterocycles. The van der Waals surface area contributed by atoms with Crippen LogP contribution in [0.25, 0.3) is 0 Å². The second-order valence-electron chi connectivity index (χ2n) is 9.01. The van der Waals surface area contributed by atoms with Crippen LogP contribution in [0.15, 0.2) is 121 Å². The van der Waals surface area contributed by atoms with Gasteiger partial charge in [-0.25, -0.2) is 0 Å². The molecule has 1 aliphatic heterocycles. The van der Waals surface area contributed by atoms with E-state index in [1.165, 1.54) is 0 Å². The smallest absolute Gasteiger partial charge is 0.130 e. The number of β-amino-alcohol motifs (C(OH)–C–C–N with tert-alkyl or cyclic N) is 1. The normalized spacial score (nSPS) is 21.2. The van der Waals surface area contributed by atoms with Crippen LogP contribution < -0.4 is 0 Å². The predicted octanol–water partition coefficient (Wildman–Crippen LogP) is 5.08. The minimum Gasteiger partial charge on any atom is -0.384 e. The Kier molecular flexibility index (Phi) is 5.86. The van der Waals surface area contributed by atoms with E-state index in [1.807, 2.05) is 109 Å². The van der Waals surface area contributed by atoms with Gasteiger partial charge in [0.2, 0.25) is 0 Å². The first kappa shape index (κ1) is 21.6. The van der Waals surface area contributed by atoms with Crippen LogP contribution in [0.3, 0.4) is 0 Å². The number of benzene rings is 4. The van der Waals surface area contributed by atoms with Crippen LogP contribution in [-0.4, -0.2) is 27.7 Å². The molecule has 2 atom stereocenters. The van der Waals surface area contributed by atoms with Crippen molar-refractivity contribution in [3.8, 4) is 0 Å². The third-order valence-electron chi connectivity index (χ3n) is 6.89. The van der Waals surface area contributed by atoms with Gasteiger partial charge in [0.1, 0.15) is 11.2 Å². The summed E-state index contributed by atoms with van der Waals surface area (Å²) in [6.45, 7) is 1.08. The predicted molar refractivity (Wildman–Crippen MR) is 131 cm³/mol. The summed E-state index contributed by atoms with van der Waals surface area (Å²) in [5.74, 6) is 0. The fourth-order valence-corrected chi connectivity index (χ4v) is 5.25. The monoisotopic (exact) mass is 435 g/mol. The van der Waals surface area contributed by atoms with Crippen molar-refractivity contribution in [3.05, 3.63) is 144 Å². The number of rotatable bonds is 6. The molecule has 4 aromatic rings. The van der Waals surface area contributed by atoms with Gasteiger partial charge < -0.3 is 10.2 Å². The van der Waals surface area contributed by atoms with Crippen LogP contribution in [-0.2, 0) is 17.7 Å². The first-order chi connectivity index (χ1) is 16.1. The molecule has 0 spiro atoms. The van der Waals surface area contributed by atoms with Crippen molar-refractivity contribution in [1.29, 1.82) is 0 Å². The van der Waals surface area contributed by atoms with Crippen molar-refractivity contribution >= 4 is 0 Å². The van der Waals surface area contributed by atoms with Gasteiger partial charge in [-0.1, -0.05) is 121 Å². The van der Waals surface area contributed by atoms with Crippen molar-refractivity contribution < 1.29 is 10.2 Å². The van der Waals surface area contributed by atoms with Gasteiger partial charge in [-0.05, 0) is 22.3 Å². The van der Waals surface area contributed by atoms with Crippen LogP contribution in [0, 0.1) is 0 Å². The van der Waals surface area contributed by atoms with E-state index in [4.69, 9.17) is 0 Å². The average molecular weight is 436 g/mol. The quantitative estimate of drug-likeness (QED) is 0.444. The highest BCUT2D eigenvalue weighted by atomic mass is 16.3. The van der Waals surface area contributed by atoms with Gasteiger partial charge in [0, 0.05) is 19.5 Å². The fraction of sp³-hybridized carbons (Fsp3) is 0.200. The second kappa shape index (κ2) is 8.95. The zero-order valence-electron chi connectivity index (χ0n) is 18.6. The van der Waals surface area contributed by atoms with Gasteiger partial charge in [0.25, 0.3) is 0 Å². The number of hydrogen-bond donors (Lipinski definition) is 2. The highest BCUT2D eigenvalue weighted by Gasteiger charge is 2.53. The van der Waals surface area contributed by atoms with E-state index in [0.717, 1.165) is 22.3 Å². The maximum Gasteiger partial charge on any atom is 0.130 e. The Hall–Kier alpha value is -3.24. The SMILES string of the molecule is OC(c1ccccc1)(c1ccccc1)[C@@H]1C[C@](O)(c2ccccc2)CN1Cc1ccccc1. The summed E-state index contributed by atoms with van der Waals surface area (Å²) in [6.07, 6.45) is 0.421. The van der Waals surface area contributed by atoms with Crippen molar-refractivity contribution in [3.63, 3.8) is 0 Å². The van der Waals surface area contributed by atoms with Gasteiger partial charge in [-0.3, -0.25) is 4.90 Å². The van der Waals surface area contributed by atoms with Crippen molar-refractivity contribution in [2.75, 3.05) is 6.54 Å². The van der Waals surface area contributed by atoms with Gasteiger partial charge in [-0.2, -0.15) is 0 Å². The van der Waals surface area contributed by atoms with E-state index < -0.39 is 11.2 Å². The Labute approximate surface area is 195 Å². The molecule has 0 aromatic heterocycles. The molecular formula is C30H29NO2. The summed E-state index contributed by atoms with van der Waals surface area (Å²) in [4.78, 5) is 2.24. The summed E-state index contributed by atoms with van der Waals surface area (Å²) in [5, 5.41) is 24.4. The molecule has 1 saturated heterocycles. The van der Waals surface area contributed by atoms with E-state index in [2.05, 4.69) is 17.0 Å². The standard InChI is InChI=1S/C30H29NO2/c32-29(25-15-7-2-8-16-25)21-28(31(23-29)22-24-13-5-1-6-14-24)30(33,26-17-9-3-10-18-26)27-19-11-4-12-20-27/h1-20,28,32-33H,21-23H2/t28-,29+/m0/s1. The van der Waals surface area contributed by atoms with Crippen LogP contribution in [0.2, 0.25) is 0 Å². The Balaban J connectivity index is 1.63. The minimum atomic E-state index is -1.28. The number of likely N-dealkylation sites (tertiary alicyclic amines) is 1. The Bertz CT molecular complexity index is 1130. The van der Waals surface area contributed by atoms with Crippen molar-refractivity contribution in [1.82, 2.24) is 4.90 Å². The van der Waals surface area contributed by atoms with Crippen LogP contribution >= 0.6 is 0 Å². The molecule has 0 radical (unpaired) electrons. The Morgan fingerprint density at radius 1 is 0.697 bits per heavy atom. The fourth-order valence-electron chi connectivity index (χ4n) is 5.25. The Morgan fingerprint density at radius 3 is 1.67 bits per heavy atom. The van der Waals surface area contributed by atoms with Crippen molar-refractivity contribution in [2.45, 2.75) is 30.2 Å². The lowest BCUT2D eigenvalue weighted by Gasteiger charge is -2.40. The lowest BCUT2D eigenvalue weighted by Crippen LogP contribution is -2.48. The van der Waals surface area contributed by atoms with E-state index in [0.29, 0.717) is 19.5 Å². The molecule has 3 nitrogen and oxygen atoms in total. The zero-order chi connectivity index (χ0) is 22.7. The molecule has 5 rings (SSSR count).